The van der Waals surface area contributed by atoms with Crippen LogP contribution in [-0.2, 0) is 14.3 Å². The van der Waals surface area contributed by atoms with Crippen LogP contribution in [-0.4, -0.2) is 98.7 Å². The molecule has 0 aliphatic carbocycles. The normalized spacial score (nSPS) is 22.9. The molecule has 10 nitrogen and oxygen atoms in total. The first-order valence-electron chi connectivity index (χ1n) is 20.7. The lowest BCUT2D eigenvalue weighted by atomic mass is 9.99. The number of aliphatic hydroxyl groups is 6. The van der Waals surface area contributed by atoms with Crippen molar-refractivity contribution >= 4 is 5.91 Å². The van der Waals surface area contributed by atoms with Crippen molar-refractivity contribution in [1.29, 1.82) is 0 Å². The molecule has 0 bridgehead atoms. The lowest BCUT2D eigenvalue weighted by Gasteiger charge is -2.40. The molecule has 0 aromatic carbocycles. The Labute approximate surface area is 310 Å². The third-order valence-corrected chi connectivity index (χ3v) is 9.88. The number of rotatable bonds is 33. The van der Waals surface area contributed by atoms with Crippen molar-refractivity contribution in [3.63, 3.8) is 0 Å². The molecule has 1 aliphatic rings. The Balaban J connectivity index is 2.49. The summed E-state index contributed by atoms with van der Waals surface area (Å²) in [4.78, 5) is 13.0. The van der Waals surface area contributed by atoms with Crippen LogP contribution < -0.4 is 5.32 Å². The number of ether oxygens (including phenoxy) is 2. The minimum atomic E-state index is -1.61. The number of carbonyl (C=O) groups excluding carboxylic acids is 1. The van der Waals surface area contributed by atoms with E-state index in [4.69, 9.17) is 9.47 Å². The van der Waals surface area contributed by atoms with Crippen LogP contribution in [0.3, 0.4) is 0 Å². The second kappa shape index (κ2) is 32.1. The van der Waals surface area contributed by atoms with E-state index in [1.165, 1.54) is 89.9 Å². The molecular weight excluding hydrogens is 650 g/mol. The number of carbonyl (C=O) groups is 1. The van der Waals surface area contributed by atoms with E-state index in [-0.39, 0.29) is 6.61 Å². The highest BCUT2D eigenvalue weighted by Gasteiger charge is 2.44. The van der Waals surface area contributed by atoms with Gasteiger partial charge < -0.3 is 45.4 Å². The van der Waals surface area contributed by atoms with Crippen LogP contribution in [0.1, 0.15) is 168 Å². The van der Waals surface area contributed by atoms with E-state index in [9.17, 15) is 35.4 Å². The number of hydrogen-bond acceptors (Lipinski definition) is 9. The maximum Gasteiger partial charge on any atom is 0.249 e. The zero-order chi connectivity index (χ0) is 37.5. The van der Waals surface area contributed by atoms with Gasteiger partial charge in [-0.15, -0.1) is 0 Å². The first-order chi connectivity index (χ1) is 24.8. The highest BCUT2D eigenvalue weighted by molar-refractivity contribution is 5.80. The molecule has 51 heavy (non-hydrogen) atoms. The van der Waals surface area contributed by atoms with E-state index in [0.29, 0.717) is 12.8 Å². The number of nitrogens with one attached hydrogen (secondary N) is 1. The monoisotopic (exact) mass is 728 g/mol. The molecule has 1 heterocycles. The molecule has 8 atom stereocenters. The van der Waals surface area contributed by atoms with Gasteiger partial charge in [0.2, 0.25) is 5.91 Å². The highest BCUT2D eigenvalue weighted by atomic mass is 16.7. The topological polar surface area (TPSA) is 169 Å². The minimum absolute atomic E-state index is 0.296. The number of amides is 1. The van der Waals surface area contributed by atoms with E-state index in [2.05, 4.69) is 31.3 Å². The standard InChI is InChI=1S/C41H77NO9/c1-3-5-7-9-11-13-15-16-17-18-20-22-24-26-28-30-35(45)40(49)42-33(32-50-41-39(48)38(47)37(46)36(31-43)51-41)34(44)29-27-25-23-21-19-14-12-10-8-6-4-2/h17-18,27,29,33-39,41,43-48H,3-16,19-26,28,30-32H2,1-2H3,(H,42,49)/b18-17-,29-27+. The molecule has 10 heteroatoms. The molecule has 1 amide bonds. The lowest BCUT2D eigenvalue weighted by Crippen LogP contribution is -2.60. The summed E-state index contributed by atoms with van der Waals surface area (Å²) in [6, 6.07) is -0.980. The van der Waals surface area contributed by atoms with Gasteiger partial charge in [-0.25, -0.2) is 0 Å². The molecule has 0 aromatic heterocycles. The Morgan fingerprint density at radius 2 is 1.14 bits per heavy atom. The maximum absolute atomic E-state index is 13.0. The molecule has 1 aliphatic heterocycles. The van der Waals surface area contributed by atoms with Gasteiger partial charge >= 0.3 is 0 Å². The Morgan fingerprint density at radius 3 is 1.65 bits per heavy atom. The van der Waals surface area contributed by atoms with E-state index in [0.717, 1.165) is 51.4 Å². The van der Waals surface area contributed by atoms with Crippen molar-refractivity contribution in [2.45, 2.75) is 217 Å². The second-order valence-electron chi connectivity index (χ2n) is 14.6. The summed E-state index contributed by atoms with van der Waals surface area (Å²) in [6.45, 7) is 3.56. The maximum atomic E-state index is 13.0. The van der Waals surface area contributed by atoms with E-state index < -0.39 is 61.5 Å². The van der Waals surface area contributed by atoms with Crippen LogP contribution >= 0.6 is 0 Å². The van der Waals surface area contributed by atoms with Crippen LogP contribution in [0.2, 0.25) is 0 Å². The van der Waals surface area contributed by atoms with Gasteiger partial charge in [-0.2, -0.15) is 0 Å². The third kappa shape index (κ3) is 23.1. The van der Waals surface area contributed by atoms with Gasteiger partial charge in [-0.05, 0) is 44.9 Å². The van der Waals surface area contributed by atoms with Crippen molar-refractivity contribution in [3.05, 3.63) is 24.3 Å². The molecule has 0 spiro atoms. The minimum Gasteiger partial charge on any atom is -0.394 e. The van der Waals surface area contributed by atoms with Crippen LogP contribution in [0.15, 0.2) is 24.3 Å². The molecular formula is C41H77NO9. The third-order valence-electron chi connectivity index (χ3n) is 9.88. The molecule has 8 unspecified atom stereocenters. The van der Waals surface area contributed by atoms with Crippen LogP contribution in [0, 0.1) is 0 Å². The molecule has 7 N–H and O–H groups in total. The van der Waals surface area contributed by atoms with Gasteiger partial charge in [0.25, 0.3) is 0 Å². The van der Waals surface area contributed by atoms with Crippen LogP contribution in [0.4, 0.5) is 0 Å². The summed E-state index contributed by atoms with van der Waals surface area (Å²) < 4.78 is 11.1. The van der Waals surface area contributed by atoms with Crippen molar-refractivity contribution in [2.75, 3.05) is 13.2 Å². The quantitative estimate of drug-likeness (QED) is 0.0294. The fourth-order valence-corrected chi connectivity index (χ4v) is 6.39. The average Bonchev–Trinajstić information content (AvgIpc) is 3.13. The van der Waals surface area contributed by atoms with Crippen molar-refractivity contribution in [3.8, 4) is 0 Å². The molecule has 300 valence electrons. The van der Waals surface area contributed by atoms with Crippen molar-refractivity contribution in [1.82, 2.24) is 5.32 Å². The Hall–Kier alpha value is -1.37. The predicted molar refractivity (Wildman–Crippen MR) is 204 cm³/mol. The summed E-state index contributed by atoms with van der Waals surface area (Å²) in [5, 5.41) is 64.3. The van der Waals surface area contributed by atoms with Gasteiger partial charge in [-0.1, -0.05) is 147 Å². The van der Waals surface area contributed by atoms with Crippen LogP contribution in [0.25, 0.3) is 0 Å². The number of allylic oxidation sites excluding steroid dienone is 3. The van der Waals surface area contributed by atoms with Gasteiger partial charge in [0.1, 0.15) is 30.5 Å². The molecule has 1 saturated heterocycles. The Kier molecular flexibility index (Phi) is 30.0. The summed E-state index contributed by atoms with van der Waals surface area (Å²) in [6.07, 6.45) is 25.5. The number of unbranched alkanes of at least 4 members (excludes halogenated alkanes) is 20. The number of aliphatic hydroxyl groups excluding tert-OH is 6. The van der Waals surface area contributed by atoms with Gasteiger partial charge in [0.05, 0.1) is 25.4 Å². The number of hydrogen-bond donors (Lipinski definition) is 7. The summed E-state index contributed by atoms with van der Waals surface area (Å²) in [5.41, 5.74) is 0. The van der Waals surface area contributed by atoms with Crippen molar-refractivity contribution < 1.29 is 44.9 Å². The first kappa shape index (κ1) is 47.7. The van der Waals surface area contributed by atoms with Crippen molar-refractivity contribution in [2.24, 2.45) is 0 Å². The fourth-order valence-electron chi connectivity index (χ4n) is 6.39. The molecule has 0 aromatic rings. The second-order valence-corrected chi connectivity index (χ2v) is 14.6. The lowest BCUT2D eigenvalue weighted by molar-refractivity contribution is -0.302. The molecule has 1 rings (SSSR count). The van der Waals surface area contributed by atoms with Crippen LogP contribution in [0.5, 0.6) is 0 Å². The SMILES string of the molecule is CCCCCCCCC/C=C\CCCCCCC(O)C(=O)NC(COC1OC(CO)C(O)C(O)C1O)C(O)/C=C/CCCCCCCCCCC. The molecule has 1 fully saturated rings. The first-order valence-corrected chi connectivity index (χ1v) is 20.7. The Bertz CT molecular complexity index is 870. The molecule has 0 saturated carbocycles. The predicted octanol–water partition coefficient (Wildman–Crippen LogP) is 6.52. The van der Waals surface area contributed by atoms with Gasteiger partial charge in [-0.3, -0.25) is 4.79 Å². The average molecular weight is 728 g/mol. The molecule has 0 radical (unpaired) electrons. The fraction of sp³-hybridized carbons (Fsp3) is 0.878. The zero-order valence-corrected chi connectivity index (χ0v) is 32.2. The van der Waals surface area contributed by atoms with E-state index in [1.54, 1.807) is 6.08 Å². The zero-order valence-electron chi connectivity index (χ0n) is 32.2. The van der Waals surface area contributed by atoms with E-state index in [1.807, 2.05) is 6.08 Å². The largest absolute Gasteiger partial charge is 0.394 e. The van der Waals surface area contributed by atoms with E-state index >= 15 is 0 Å². The highest BCUT2D eigenvalue weighted by Crippen LogP contribution is 2.22. The smallest absolute Gasteiger partial charge is 0.249 e. The Morgan fingerprint density at radius 1 is 0.667 bits per heavy atom. The van der Waals surface area contributed by atoms with Gasteiger partial charge in [0.15, 0.2) is 6.29 Å². The van der Waals surface area contributed by atoms with Gasteiger partial charge in [0, 0.05) is 0 Å². The summed E-state index contributed by atoms with van der Waals surface area (Å²) in [5.74, 6) is -0.628. The summed E-state index contributed by atoms with van der Waals surface area (Å²) >= 11 is 0. The summed E-state index contributed by atoms with van der Waals surface area (Å²) in [7, 11) is 0.